The van der Waals surface area contributed by atoms with E-state index in [0.717, 1.165) is 16.1 Å². The summed E-state index contributed by atoms with van der Waals surface area (Å²) in [6.45, 7) is 1.90. The van der Waals surface area contributed by atoms with Gasteiger partial charge in [-0.3, -0.25) is 15.1 Å². The van der Waals surface area contributed by atoms with Gasteiger partial charge < -0.3 is 0 Å². The van der Waals surface area contributed by atoms with Crippen LogP contribution in [-0.2, 0) is 0 Å². The molecule has 2 aromatic heterocycles. The highest BCUT2D eigenvalue weighted by molar-refractivity contribution is 7.18. The number of nitrogens with zero attached hydrogens (tertiary/aromatic N) is 3. The van der Waals surface area contributed by atoms with Crippen molar-refractivity contribution in [1.29, 1.82) is 0 Å². The van der Waals surface area contributed by atoms with Crippen molar-refractivity contribution >= 4 is 22.4 Å². The van der Waals surface area contributed by atoms with Crippen LogP contribution in [0.25, 0.3) is 10.6 Å². The molecule has 0 saturated carbocycles. The van der Waals surface area contributed by atoms with Crippen molar-refractivity contribution in [2.24, 2.45) is 0 Å². The number of nitrogens with one attached hydrogen (secondary N) is 1. The van der Waals surface area contributed by atoms with Crippen LogP contribution in [0.4, 0.5) is 5.13 Å². The van der Waals surface area contributed by atoms with Gasteiger partial charge in [-0.2, -0.15) is 0 Å². The number of aryl methyl sites for hydroxylation is 1. The lowest BCUT2D eigenvalue weighted by Gasteiger charge is -2.03. The fourth-order valence-electron chi connectivity index (χ4n) is 1.87. The molecule has 0 bridgehead atoms. The predicted molar refractivity (Wildman–Crippen MR) is 82.3 cm³/mol. The molecule has 0 fully saturated rings. The lowest BCUT2D eigenvalue weighted by atomic mass is 10.1. The molecule has 1 aromatic carbocycles. The van der Waals surface area contributed by atoms with Gasteiger partial charge in [-0.1, -0.05) is 29.5 Å². The van der Waals surface area contributed by atoms with E-state index in [1.54, 1.807) is 18.5 Å². The molecule has 0 atom stereocenters. The van der Waals surface area contributed by atoms with Crippen LogP contribution in [-0.4, -0.2) is 21.1 Å². The molecular formula is C15H12N4OS. The molecule has 0 aliphatic heterocycles. The van der Waals surface area contributed by atoms with E-state index < -0.39 is 0 Å². The van der Waals surface area contributed by atoms with Gasteiger partial charge in [0, 0.05) is 23.5 Å². The zero-order chi connectivity index (χ0) is 14.7. The largest absolute Gasteiger partial charge is 0.296 e. The number of hydrogen-bond donors (Lipinski definition) is 1. The molecule has 3 aromatic rings. The molecule has 0 aliphatic carbocycles. The number of anilines is 1. The first kappa shape index (κ1) is 13.4. The van der Waals surface area contributed by atoms with E-state index in [9.17, 15) is 4.79 Å². The van der Waals surface area contributed by atoms with E-state index in [0.29, 0.717) is 10.7 Å². The highest BCUT2D eigenvalue weighted by Gasteiger charge is 2.12. The number of carbonyl (C=O) groups is 1. The predicted octanol–water partition coefficient (Wildman–Crippen LogP) is 3.16. The average Bonchev–Trinajstić information content (AvgIpc) is 2.97. The number of pyridine rings is 1. The summed E-state index contributed by atoms with van der Waals surface area (Å²) in [7, 11) is 0. The highest BCUT2D eigenvalue weighted by atomic mass is 32.1. The third-order valence-electron chi connectivity index (χ3n) is 2.94. The Morgan fingerprint density at radius 1 is 1.14 bits per heavy atom. The van der Waals surface area contributed by atoms with Crippen LogP contribution in [0.1, 0.15) is 15.9 Å². The molecule has 0 unspecified atom stereocenters. The van der Waals surface area contributed by atoms with Crippen LogP contribution in [0, 0.1) is 6.92 Å². The Kier molecular flexibility index (Phi) is 3.70. The van der Waals surface area contributed by atoms with Gasteiger partial charge in [-0.25, -0.2) is 0 Å². The monoisotopic (exact) mass is 296 g/mol. The van der Waals surface area contributed by atoms with Crippen LogP contribution in [0.15, 0.2) is 48.8 Å². The Labute approximate surface area is 125 Å². The van der Waals surface area contributed by atoms with Gasteiger partial charge in [0.15, 0.2) is 5.01 Å². The second kappa shape index (κ2) is 5.80. The molecular weight excluding hydrogens is 284 g/mol. The molecule has 0 aliphatic rings. The molecule has 104 valence electrons. The minimum absolute atomic E-state index is 0.179. The highest BCUT2D eigenvalue weighted by Crippen LogP contribution is 2.25. The lowest BCUT2D eigenvalue weighted by molar-refractivity contribution is 0.102. The van der Waals surface area contributed by atoms with Crippen molar-refractivity contribution < 1.29 is 4.79 Å². The van der Waals surface area contributed by atoms with Crippen molar-refractivity contribution in [3.8, 4) is 10.6 Å². The number of rotatable bonds is 3. The Hall–Kier alpha value is -2.60. The first-order chi connectivity index (χ1) is 10.2. The Bertz CT molecular complexity index is 770. The normalized spacial score (nSPS) is 10.3. The zero-order valence-electron chi connectivity index (χ0n) is 11.3. The van der Waals surface area contributed by atoms with Crippen molar-refractivity contribution in [2.45, 2.75) is 6.92 Å². The minimum atomic E-state index is -0.179. The molecule has 1 amide bonds. The van der Waals surface area contributed by atoms with E-state index in [1.807, 2.05) is 37.3 Å². The summed E-state index contributed by atoms with van der Waals surface area (Å²) in [4.78, 5) is 16.2. The molecule has 1 N–H and O–H groups in total. The van der Waals surface area contributed by atoms with E-state index in [1.165, 1.54) is 11.3 Å². The lowest BCUT2D eigenvalue weighted by Crippen LogP contribution is -2.12. The quantitative estimate of drug-likeness (QED) is 0.806. The van der Waals surface area contributed by atoms with Gasteiger partial charge >= 0.3 is 0 Å². The van der Waals surface area contributed by atoms with Crippen LogP contribution in [0.5, 0.6) is 0 Å². The van der Waals surface area contributed by atoms with Crippen LogP contribution < -0.4 is 5.32 Å². The first-order valence-electron chi connectivity index (χ1n) is 6.35. The summed E-state index contributed by atoms with van der Waals surface area (Å²) in [6, 6.07) is 11.2. The van der Waals surface area contributed by atoms with E-state index >= 15 is 0 Å². The van der Waals surface area contributed by atoms with Crippen LogP contribution in [0.3, 0.4) is 0 Å². The number of aromatic nitrogens is 3. The van der Waals surface area contributed by atoms with Gasteiger partial charge in [0.25, 0.3) is 5.91 Å². The molecule has 2 heterocycles. The summed E-state index contributed by atoms with van der Waals surface area (Å²) < 4.78 is 0. The van der Waals surface area contributed by atoms with E-state index in [4.69, 9.17) is 0 Å². The van der Waals surface area contributed by atoms with Gasteiger partial charge in [0.2, 0.25) is 5.13 Å². The van der Waals surface area contributed by atoms with Crippen molar-refractivity contribution in [1.82, 2.24) is 15.2 Å². The average molecular weight is 296 g/mol. The minimum Gasteiger partial charge on any atom is -0.296 e. The third-order valence-corrected chi connectivity index (χ3v) is 3.83. The summed E-state index contributed by atoms with van der Waals surface area (Å²) in [5.74, 6) is -0.179. The molecule has 3 rings (SSSR count). The van der Waals surface area contributed by atoms with E-state index in [-0.39, 0.29) is 5.91 Å². The Morgan fingerprint density at radius 2 is 2.00 bits per heavy atom. The number of carbonyl (C=O) groups excluding carboxylic acids is 1. The standard InChI is InChI=1S/C15H12N4OS/c1-10-5-2-3-7-12(10)13(20)17-15-19-18-14(21-15)11-6-4-8-16-9-11/h2-9H,1H3,(H,17,19,20). The molecule has 5 nitrogen and oxygen atoms in total. The van der Waals surface area contributed by atoms with Crippen molar-refractivity contribution in [2.75, 3.05) is 5.32 Å². The summed E-state index contributed by atoms with van der Waals surface area (Å²) in [5, 5.41) is 12.0. The molecule has 0 spiro atoms. The summed E-state index contributed by atoms with van der Waals surface area (Å²) in [6.07, 6.45) is 3.42. The van der Waals surface area contributed by atoms with Gasteiger partial charge in [0.05, 0.1) is 0 Å². The zero-order valence-corrected chi connectivity index (χ0v) is 12.1. The SMILES string of the molecule is Cc1ccccc1C(=O)Nc1nnc(-c2cccnc2)s1. The fourth-order valence-corrected chi connectivity index (χ4v) is 2.60. The molecule has 0 saturated heterocycles. The first-order valence-corrected chi connectivity index (χ1v) is 7.16. The van der Waals surface area contributed by atoms with E-state index in [2.05, 4.69) is 20.5 Å². The smallest absolute Gasteiger partial charge is 0.257 e. The molecule has 21 heavy (non-hydrogen) atoms. The number of benzene rings is 1. The van der Waals surface area contributed by atoms with Gasteiger partial charge in [0.1, 0.15) is 0 Å². The maximum Gasteiger partial charge on any atom is 0.257 e. The fraction of sp³-hybridized carbons (Fsp3) is 0.0667. The summed E-state index contributed by atoms with van der Waals surface area (Å²) in [5.41, 5.74) is 2.44. The molecule has 0 radical (unpaired) electrons. The maximum absolute atomic E-state index is 12.2. The number of hydrogen-bond acceptors (Lipinski definition) is 5. The van der Waals surface area contributed by atoms with Crippen molar-refractivity contribution in [3.63, 3.8) is 0 Å². The Morgan fingerprint density at radius 3 is 2.76 bits per heavy atom. The third kappa shape index (κ3) is 2.95. The second-order valence-electron chi connectivity index (χ2n) is 4.42. The topological polar surface area (TPSA) is 67.8 Å². The van der Waals surface area contributed by atoms with Gasteiger partial charge in [-0.15, -0.1) is 10.2 Å². The summed E-state index contributed by atoms with van der Waals surface area (Å²) >= 11 is 1.32. The van der Waals surface area contributed by atoms with Crippen LogP contribution in [0.2, 0.25) is 0 Å². The van der Waals surface area contributed by atoms with Crippen LogP contribution >= 0.6 is 11.3 Å². The Balaban J connectivity index is 1.79. The number of amides is 1. The maximum atomic E-state index is 12.2. The second-order valence-corrected chi connectivity index (χ2v) is 5.40. The van der Waals surface area contributed by atoms with Gasteiger partial charge in [-0.05, 0) is 30.7 Å². The molecule has 6 heteroatoms. The van der Waals surface area contributed by atoms with Crippen molar-refractivity contribution in [3.05, 3.63) is 59.9 Å².